The first-order chi connectivity index (χ1) is 8.24. The summed E-state index contributed by atoms with van der Waals surface area (Å²) in [6.07, 6.45) is 1.73. The van der Waals surface area contributed by atoms with Gasteiger partial charge in [-0.2, -0.15) is 0 Å². The summed E-state index contributed by atoms with van der Waals surface area (Å²) in [5.41, 5.74) is 9.08. The monoisotopic (exact) mass is 225 g/mol. The van der Waals surface area contributed by atoms with Crippen molar-refractivity contribution in [1.29, 1.82) is 0 Å². The molecule has 0 aliphatic rings. The highest BCUT2D eigenvalue weighted by atomic mass is 15.3. The highest BCUT2D eigenvalue weighted by Crippen LogP contribution is 2.19. The Morgan fingerprint density at radius 1 is 1.12 bits per heavy atom. The molecule has 3 rings (SSSR count). The summed E-state index contributed by atoms with van der Waals surface area (Å²) in [7, 11) is 0. The van der Waals surface area contributed by atoms with Crippen LogP contribution in [-0.2, 0) is 0 Å². The van der Waals surface area contributed by atoms with Gasteiger partial charge in [0, 0.05) is 23.0 Å². The fourth-order valence-electron chi connectivity index (χ4n) is 1.72. The minimum Gasteiger partial charge on any atom is -0.399 e. The molecule has 0 fully saturated rings. The van der Waals surface area contributed by atoms with Crippen molar-refractivity contribution in [2.24, 2.45) is 0 Å². The van der Waals surface area contributed by atoms with E-state index in [9.17, 15) is 0 Å². The van der Waals surface area contributed by atoms with Crippen molar-refractivity contribution in [3.05, 3.63) is 42.4 Å². The smallest absolute Gasteiger partial charge is 0.169 e. The maximum Gasteiger partial charge on any atom is 0.169 e. The fourth-order valence-corrected chi connectivity index (χ4v) is 1.72. The molecule has 0 aliphatic heterocycles. The summed E-state index contributed by atoms with van der Waals surface area (Å²) in [5, 5.41) is 8.29. The van der Waals surface area contributed by atoms with Gasteiger partial charge in [-0.1, -0.05) is 0 Å². The molecule has 0 bridgehead atoms. The summed E-state index contributed by atoms with van der Waals surface area (Å²) in [6, 6.07) is 9.43. The summed E-state index contributed by atoms with van der Waals surface area (Å²) < 4.78 is 1.86. The molecule has 0 saturated carbocycles. The number of anilines is 1. The van der Waals surface area contributed by atoms with E-state index in [-0.39, 0.29) is 0 Å². The van der Waals surface area contributed by atoms with Crippen LogP contribution >= 0.6 is 0 Å². The van der Waals surface area contributed by atoms with Gasteiger partial charge in [0.15, 0.2) is 11.5 Å². The maximum atomic E-state index is 5.66. The second-order valence-corrected chi connectivity index (χ2v) is 3.90. The van der Waals surface area contributed by atoms with Crippen molar-refractivity contribution in [1.82, 2.24) is 19.6 Å². The zero-order valence-electron chi connectivity index (χ0n) is 9.33. The van der Waals surface area contributed by atoms with Crippen molar-refractivity contribution in [2.75, 3.05) is 5.73 Å². The Morgan fingerprint density at radius 2 is 1.88 bits per heavy atom. The van der Waals surface area contributed by atoms with Crippen LogP contribution in [0.2, 0.25) is 0 Å². The number of aromatic nitrogens is 4. The van der Waals surface area contributed by atoms with Crippen molar-refractivity contribution in [3.63, 3.8) is 0 Å². The van der Waals surface area contributed by atoms with Gasteiger partial charge in [-0.05, 0) is 31.2 Å². The topological polar surface area (TPSA) is 69.1 Å². The first-order valence-corrected chi connectivity index (χ1v) is 5.27. The zero-order valence-corrected chi connectivity index (χ0v) is 9.33. The molecule has 5 nitrogen and oxygen atoms in total. The first-order valence-electron chi connectivity index (χ1n) is 5.27. The van der Waals surface area contributed by atoms with E-state index in [4.69, 9.17) is 5.73 Å². The van der Waals surface area contributed by atoms with Gasteiger partial charge in [0.1, 0.15) is 6.33 Å². The number of hydrogen-bond acceptors (Lipinski definition) is 4. The summed E-state index contributed by atoms with van der Waals surface area (Å²) in [4.78, 5) is 4.24. The second kappa shape index (κ2) is 3.55. The van der Waals surface area contributed by atoms with Gasteiger partial charge in [-0.3, -0.25) is 4.40 Å². The van der Waals surface area contributed by atoms with Crippen molar-refractivity contribution in [2.45, 2.75) is 6.92 Å². The van der Waals surface area contributed by atoms with Crippen LogP contribution in [0.4, 0.5) is 5.69 Å². The minimum absolute atomic E-state index is 0.733. The van der Waals surface area contributed by atoms with Crippen LogP contribution in [0.15, 0.2) is 36.7 Å². The molecular weight excluding hydrogens is 214 g/mol. The summed E-state index contributed by atoms with van der Waals surface area (Å²) in [5.74, 6) is 0.771. The Balaban J connectivity index is 2.21. The van der Waals surface area contributed by atoms with E-state index in [0.29, 0.717) is 0 Å². The van der Waals surface area contributed by atoms with Crippen molar-refractivity contribution in [3.8, 4) is 11.4 Å². The third-order valence-electron chi connectivity index (χ3n) is 2.61. The molecule has 2 aromatic heterocycles. The van der Waals surface area contributed by atoms with Crippen LogP contribution in [0.1, 0.15) is 5.69 Å². The summed E-state index contributed by atoms with van der Waals surface area (Å²) >= 11 is 0. The number of fused-ring (bicyclic) bond motifs is 1. The Morgan fingerprint density at radius 3 is 2.65 bits per heavy atom. The number of nitrogen functional groups attached to an aromatic ring is 1. The quantitative estimate of drug-likeness (QED) is 0.640. The largest absolute Gasteiger partial charge is 0.399 e. The number of hydrogen-bond donors (Lipinski definition) is 1. The molecule has 84 valence electrons. The lowest BCUT2D eigenvalue weighted by molar-refractivity contribution is 1.05. The van der Waals surface area contributed by atoms with Crippen molar-refractivity contribution < 1.29 is 0 Å². The van der Waals surface area contributed by atoms with Crippen LogP contribution < -0.4 is 5.73 Å². The second-order valence-electron chi connectivity index (χ2n) is 3.90. The van der Waals surface area contributed by atoms with Crippen molar-refractivity contribution >= 4 is 11.3 Å². The molecular formula is C12H11N5. The van der Waals surface area contributed by atoms with Gasteiger partial charge in [0.05, 0.1) is 0 Å². The molecule has 1 aromatic carbocycles. The van der Waals surface area contributed by atoms with Gasteiger partial charge in [-0.15, -0.1) is 10.2 Å². The minimum atomic E-state index is 0.733. The molecule has 2 heterocycles. The zero-order chi connectivity index (χ0) is 11.8. The lowest BCUT2D eigenvalue weighted by Gasteiger charge is -2.00. The van der Waals surface area contributed by atoms with E-state index in [1.165, 1.54) is 0 Å². The fraction of sp³-hybridized carbons (Fsp3) is 0.0833. The number of benzene rings is 1. The highest BCUT2D eigenvalue weighted by Gasteiger charge is 2.07. The molecule has 0 saturated heterocycles. The summed E-state index contributed by atoms with van der Waals surface area (Å²) in [6.45, 7) is 1.93. The van der Waals surface area contributed by atoms with E-state index < -0.39 is 0 Å². The molecule has 5 heteroatoms. The van der Waals surface area contributed by atoms with Crippen LogP contribution in [0.5, 0.6) is 0 Å². The molecule has 0 radical (unpaired) electrons. The first kappa shape index (κ1) is 9.77. The molecule has 0 aliphatic carbocycles. The van der Waals surface area contributed by atoms with Gasteiger partial charge in [0.25, 0.3) is 0 Å². The third kappa shape index (κ3) is 1.61. The van der Waals surface area contributed by atoms with Gasteiger partial charge >= 0.3 is 0 Å². The van der Waals surface area contributed by atoms with Crippen LogP contribution in [-0.4, -0.2) is 19.6 Å². The molecule has 0 amide bonds. The Bertz CT molecular complexity index is 669. The van der Waals surface area contributed by atoms with E-state index in [2.05, 4.69) is 15.2 Å². The third-order valence-corrected chi connectivity index (χ3v) is 2.61. The van der Waals surface area contributed by atoms with Crippen LogP contribution in [0, 0.1) is 6.92 Å². The predicted molar refractivity (Wildman–Crippen MR) is 65.4 cm³/mol. The normalized spacial score (nSPS) is 10.9. The van der Waals surface area contributed by atoms with Gasteiger partial charge < -0.3 is 5.73 Å². The molecule has 3 aromatic rings. The molecule has 0 atom stereocenters. The SMILES string of the molecule is Cc1cc2nnc(-c3ccc(N)cc3)n2cn1. The lowest BCUT2D eigenvalue weighted by Crippen LogP contribution is -1.92. The van der Waals surface area contributed by atoms with Gasteiger partial charge in [-0.25, -0.2) is 4.98 Å². The van der Waals surface area contributed by atoms with Gasteiger partial charge in [0.2, 0.25) is 0 Å². The average Bonchev–Trinajstić information content (AvgIpc) is 2.73. The van der Waals surface area contributed by atoms with Crippen LogP contribution in [0.25, 0.3) is 17.0 Å². The molecule has 17 heavy (non-hydrogen) atoms. The molecule has 2 N–H and O–H groups in total. The number of nitrogens with two attached hydrogens (primary N) is 1. The number of rotatable bonds is 1. The Kier molecular flexibility index (Phi) is 2.04. The Labute approximate surface area is 97.9 Å². The van der Waals surface area contributed by atoms with E-state index in [1.54, 1.807) is 6.33 Å². The number of aryl methyl sites for hydroxylation is 1. The number of nitrogens with zero attached hydrogens (tertiary/aromatic N) is 4. The highest BCUT2D eigenvalue weighted by molar-refractivity contribution is 5.61. The van der Waals surface area contributed by atoms with E-state index in [0.717, 1.165) is 28.4 Å². The molecule has 0 spiro atoms. The lowest BCUT2D eigenvalue weighted by atomic mass is 10.2. The average molecular weight is 225 g/mol. The van der Waals surface area contributed by atoms with Crippen LogP contribution in [0.3, 0.4) is 0 Å². The van der Waals surface area contributed by atoms with E-state index >= 15 is 0 Å². The van der Waals surface area contributed by atoms with E-state index in [1.807, 2.05) is 41.7 Å². The Hall–Kier alpha value is -2.43. The molecule has 0 unspecified atom stereocenters. The predicted octanol–water partition coefficient (Wildman–Crippen LogP) is 1.68. The standard InChI is InChI=1S/C12H11N5/c1-8-6-11-15-16-12(17(11)7-14-8)9-2-4-10(13)5-3-9/h2-7H,13H2,1H3. The maximum absolute atomic E-state index is 5.66.